The lowest BCUT2D eigenvalue weighted by Gasteiger charge is -2.31. The molecule has 0 saturated heterocycles. The van der Waals surface area contributed by atoms with Crippen molar-refractivity contribution in [2.75, 3.05) is 0 Å². The molecule has 15 heavy (non-hydrogen) atoms. The summed E-state index contributed by atoms with van der Waals surface area (Å²) < 4.78 is 0. The number of carbonyl (C=O) groups is 1. The van der Waals surface area contributed by atoms with Crippen molar-refractivity contribution < 1.29 is 4.79 Å². The van der Waals surface area contributed by atoms with Gasteiger partial charge in [0.2, 0.25) is 6.41 Å². The molecule has 2 nitrogen and oxygen atoms in total. The van der Waals surface area contributed by atoms with Gasteiger partial charge in [-0.05, 0) is 12.8 Å². The van der Waals surface area contributed by atoms with Crippen LogP contribution in [-0.2, 0) is 4.79 Å². The first-order chi connectivity index (χ1) is 7.24. The molecule has 0 spiro atoms. The summed E-state index contributed by atoms with van der Waals surface area (Å²) in [6, 6.07) is 0.282. The molecule has 2 heteroatoms. The quantitative estimate of drug-likeness (QED) is 0.422. The molecule has 0 rings (SSSR count). The van der Waals surface area contributed by atoms with E-state index in [9.17, 15) is 4.79 Å². The van der Waals surface area contributed by atoms with E-state index in [2.05, 4.69) is 27.0 Å². The van der Waals surface area contributed by atoms with Crippen LogP contribution in [0.15, 0.2) is 25.3 Å². The van der Waals surface area contributed by atoms with Crippen LogP contribution in [0, 0.1) is 0 Å². The largest absolute Gasteiger partial charge is 0.332 e. The molecule has 0 aliphatic carbocycles. The molecule has 0 aliphatic heterocycles. The smallest absolute Gasteiger partial charge is 0.210 e. The first-order valence-electron chi connectivity index (χ1n) is 5.72. The maximum Gasteiger partial charge on any atom is 0.210 e. The highest BCUT2D eigenvalue weighted by atomic mass is 16.1. The van der Waals surface area contributed by atoms with Crippen LogP contribution < -0.4 is 0 Å². The van der Waals surface area contributed by atoms with Crippen LogP contribution in [0.4, 0.5) is 0 Å². The summed E-state index contributed by atoms with van der Waals surface area (Å²) in [5.74, 6) is 0. The Labute approximate surface area is 93.7 Å². The van der Waals surface area contributed by atoms with Crippen LogP contribution in [0.5, 0.6) is 0 Å². The van der Waals surface area contributed by atoms with Crippen LogP contribution in [0.1, 0.15) is 39.5 Å². The van der Waals surface area contributed by atoms with Gasteiger partial charge in [-0.15, -0.1) is 13.2 Å². The molecule has 0 aromatic heterocycles. The van der Waals surface area contributed by atoms with Gasteiger partial charge in [0, 0.05) is 0 Å². The molecule has 0 radical (unpaired) electrons. The van der Waals surface area contributed by atoms with Gasteiger partial charge in [0.1, 0.15) is 0 Å². The summed E-state index contributed by atoms with van der Waals surface area (Å²) >= 11 is 0. The maximum absolute atomic E-state index is 11.1. The van der Waals surface area contributed by atoms with Gasteiger partial charge in [-0.1, -0.05) is 38.8 Å². The zero-order valence-corrected chi connectivity index (χ0v) is 9.98. The molecule has 86 valence electrons. The first-order valence-corrected chi connectivity index (χ1v) is 5.72. The van der Waals surface area contributed by atoms with Crippen LogP contribution in [0.2, 0.25) is 0 Å². The zero-order chi connectivity index (χ0) is 11.7. The second-order valence-electron chi connectivity index (χ2n) is 3.74. The Hall–Kier alpha value is -1.05. The van der Waals surface area contributed by atoms with Gasteiger partial charge < -0.3 is 4.90 Å². The third-order valence-electron chi connectivity index (χ3n) is 2.60. The normalized spacial score (nSPS) is 14.0. The summed E-state index contributed by atoms with van der Waals surface area (Å²) in [5.41, 5.74) is 0. The van der Waals surface area contributed by atoms with Gasteiger partial charge in [-0.25, -0.2) is 0 Å². The van der Waals surface area contributed by atoms with Gasteiger partial charge in [0.05, 0.1) is 12.1 Å². The van der Waals surface area contributed by atoms with Crippen molar-refractivity contribution in [3.05, 3.63) is 25.3 Å². The molecule has 2 unspecified atom stereocenters. The van der Waals surface area contributed by atoms with Crippen molar-refractivity contribution in [1.29, 1.82) is 0 Å². The summed E-state index contributed by atoms with van der Waals surface area (Å²) in [4.78, 5) is 12.9. The van der Waals surface area contributed by atoms with Crippen LogP contribution in [-0.4, -0.2) is 23.4 Å². The van der Waals surface area contributed by atoms with E-state index in [0.717, 1.165) is 32.1 Å². The van der Waals surface area contributed by atoms with E-state index in [1.807, 2.05) is 17.1 Å². The van der Waals surface area contributed by atoms with Crippen molar-refractivity contribution in [2.45, 2.75) is 51.6 Å². The summed E-state index contributed by atoms with van der Waals surface area (Å²) in [7, 11) is 0. The molecule has 0 saturated carbocycles. The molecule has 1 amide bonds. The van der Waals surface area contributed by atoms with Gasteiger partial charge in [0.15, 0.2) is 0 Å². The Morgan fingerprint density at radius 1 is 1.07 bits per heavy atom. The van der Waals surface area contributed by atoms with Gasteiger partial charge in [0.25, 0.3) is 0 Å². The van der Waals surface area contributed by atoms with E-state index in [4.69, 9.17) is 0 Å². The number of nitrogens with zero attached hydrogens (tertiary/aromatic N) is 1. The number of hydrogen-bond acceptors (Lipinski definition) is 1. The van der Waals surface area contributed by atoms with Crippen molar-refractivity contribution in [3.63, 3.8) is 0 Å². The van der Waals surface area contributed by atoms with E-state index in [1.54, 1.807) is 0 Å². The minimum Gasteiger partial charge on any atom is -0.332 e. The minimum atomic E-state index is 0.141. The molecule has 0 heterocycles. The maximum atomic E-state index is 11.1. The summed E-state index contributed by atoms with van der Waals surface area (Å²) in [5, 5.41) is 0. The number of hydrogen-bond donors (Lipinski definition) is 0. The third-order valence-corrected chi connectivity index (χ3v) is 2.60. The summed E-state index contributed by atoms with van der Waals surface area (Å²) in [6.45, 7) is 11.8. The SMILES string of the molecule is C=CC(CCC)N(C=O)C(C=C)CCC. The van der Waals surface area contributed by atoms with Crippen molar-refractivity contribution in [2.24, 2.45) is 0 Å². The predicted octanol–water partition coefficient (Wildman–Crippen LogP) is 3.15. The fourth-order valence-corrected chi connectivity index (χ4v) is 1.77. The standard InChI is InChI=1S/C13H23NO/c1-5-9-12(7-3)14(11-15)13(8-4)10-6-2/h7-8,11-13H,3-6,9-10H2,1-2H3. The highest BCUT2D eigenvalue weighted by Crippen LogP contribution is 2.14. The van der Waals surface area contributed by atoms with E-state index < -0.39 is 0 Å². The highest BCUT2D eigenvalue weighted by Gasteiger charge is 2.19. The number of rotatable bonds is 9. The molecule has 0 aromatic carbocycles. The second-order valence-corrected chi connectivity index (χ2v) is 3.74. The van der Waals surface area contributed by atoms with E-state index in [1.165, 1.54) is 0 Å². The van der Waals surface area contributed by atoms with Gasteiger partial charge in [-0.2, -0.15) is 0 Å². The lowest BCUT2D eigenvalue weighted by atomic mass is 10.1. The lowest BCUT2D eigenvalue weighted by molar-refractivity contribution is -0.121. The Kier molecular flexibility index (Phi) is 7.69. The Morgan fingerprint density at radius 2 is 1.47 bits per heavy atom. The fraction of sp³-hybridized carbons (Fsp3) is 0.615. The number of carbonyl (C=O) groups excluding carboxylic acids is 1. The van der Waals surface area contributed by atoms with Crippen LogP contribution in [0.25, 0.3) is 0 Å². The topological polar surface area (TPSA) is 20.3 Å². The molecule has 0 aromatic rings. The highest BCUT2D eigenvalue weighted by molar-refractivity contribution is 5.49. The minimum absolute atomic E-state index is 0.141. The molecular weight excluding hydrogens is 186 g/mol. The molecule has 2 atom stereocenters. The monoisotopic (exact) mass is 209 g/mol. The van der Waals surface area contributed by atoms with E-state index in [0.29, 0.717) is 0 Å². The van der Waals surface area contributed by atoms with Gasteiger partial charge >= 0.3 is 0 Å². The fourth-order valence-electron chi connectivity index (χ4n) is 1.77. The van der Waals surface area contributed by atoms with Crippen molar-refractivity contribution in [1.82, 2.24) is 4.90 Å². The average molecular weight is 209 g/mol. The molecule has 0 aliphatic rings. The molecule has 0 N–H and O–H groups in total. The van der Waals surface area contributed by atoms with E-state index in [-0.39, 0.29) is 12.1 Å². The van der Waals surface area contributed by atoms with Crippen LogP contribution >= 0.6 is 0 Å². The second kappa shape index (κ2) is 8.27. The summed E-state index contributed by atoms with van der Waals surface area (Å²) in [6.07, 6.45) is 8.67. The third kappa shape index (κ3) is 4.32. The van der Waals surface area contributed by atoms with Crippen LogP contribution in [0.3, 0.4) is 0 Å². The van der Waals surface area contributed by atoms with E-state index >= 15 is 0 Å². The molecule has 0 bridgehead atoms. The van der Waals surface area contributed by atoms with Crippen molar-refractivity contribution >= 4 is 6.41 Å². The average Bonchev–Trinajstić information content (AvgIpc) is 2.27. The molecule has 0 fully saturated rings. The van der Waals surface area contributed by atoms with Gasteiger partial charge in [-0.3, -0.25) is 4.79 Å². The van der Waals surface area contributed by atoms with Crippen molar-refractivity contribution in [3.8, 4) is 0 Å². The Balaban J connectivity index is 4.58. The number of amides is 1. The Bertz CT molecular complexity index is 183. The lowest BCUT2D eigenvalue weighted by Crippen LogP contribution is -2.40. The Morgan fingerprint density at radius 3 is 1.67 bits per heavy atom. The molecular formula is C13H23NO. The predicted molar refractivity (Wildman–Crippen MR) is 65.7 cm³/mol. The zero-order valence-electron chi connectivity index (χ0n) is 9.98. The first kappa shape index (κ1) is 13.9.